The largest absolute Gasteiger partial charge is 0.478 e. The summed E-state index contributed by atoms with van der Waals surface area (Å²) in [4.78, 5) is 18.2. The zero-order valence-corrected chi connectivity index (χ0v) is 13.3. The van der Waals surface area contributed by atoms with Gasteiger partial charge in [0.05, 0.1) is 22.6 Å². The lowest BCUT2D eigenvalue weighted by molar-refractivity contribution is 0.0698. The first kappa shape index (κ1) is 15.5. The lowest BCUT2D eigenvalue weighted by Gasteiger charge is -2.28. The van der Waals surface area contributed by atoms with Crippen molar-refractivity contribution in [3.05, 3.63) is 29.6 Å². The molecule has 5 heteroatoms. The van der Waals surface area contributed by atoms with Gasteiger partial charge in [0.25, 0.3) is 0 Å². The molecule has 2 aromatic rings. The topological polar surface area (TPSA) is 58.4 Å². The number of fused-ring (bicyclic) bond motifs is 1. The Kier molecular flexibility index (Phi) is 4.32. The van der Waals surface area contributed by atoms with E-state index in [1.54, 1.807) is 12.1 Å². The summed E-state index contributed by atoms with van der Waals surface area (Å²) < 4.78 is 2.09. The van der Waals surface area contributed by atoms with E-state index in [1.165, 1.54) is 0 Å². The zero-order chi connectivity index (χ0) is 15.7. The van der Waals surface area contributed by atoms with Crippen LogP contribution in [0, 0.1) is 12.8 Å². The van der Waals surface area contributed by atoms with Gasteiger partial charge in [-0.15, -0.1) is 0 Å². The third-order valence-electron chi connectivity index (χ3n) is 3.77. The Morgan fingerprint density at radius 3 is 2.57 bits per heavy atom. The fourth-order valence-corrected chi connectivity index (χ4v) is 2.81. The SMILES string of the molecule is Cc1nc2cccc(C(=O)O)c2n1C(CN(C)C)C(C)C. The van der Waals surface area contributed by atoms with Crippen LogP contribution in [-0.4, -0.2) is 46.2 Å². The van der Waals surface area contributed by atoms with Crippen LogP contribution < -0.4 is 0 Å². The molecule has 0 saturated heterocycles. The normalized spacial score (nSPS) is 13.3. The molecule has 0 bridgehead atoms. The fourth-order valence-electron chi connectivity index (χ4n) is 2.81. The number of likely N-dealkylation sites (N-methyl/N-ethyl adjacent to an activating group) is 1. The molecular formula is C16H23N3O2. The van der Waals surface area contributed by atoms with Crippen molar-refractivity contribution in [1.82, 2.24) is 14.5 Å². The summed E-state index contributed by atoms with van der Waals surface area (Å²) in [6, 6.07) is 5.46. The van der Waals surface area contributed by atoms with E-state index in [1.807, 2.05) is 27.1 Å². The number of aromatic nitrogens is 2. The third kappa shape index (κ3) is 2.93. The third-order valence-corrected chi connectivity index (χ3v) is 3.77. The van der Waals surface area contributed by atoms with Crippen molar-refractivity contribution in [3.63, 3.8) is 0 Å². The van der Waals surface area contributed by atoms with Crippen LogP contribution in [0.15, 0.2) is 18.2 Å². The Morgan fingerprint density at radius 2 is 2.05 bits per heavy atom. The maximum Gasteiger partial charge on any atom is 0.337 e. The van der Waals surface area contributed by atoms with E-state index in [2.05, 4.69) is 28.3 Å². The lowest BCUT2D eigenvalue weighted by Crippen LogP contribution is -2.29. The number of aromatic carboxylic acids is 1. The maximum atomic E-state index is 11.5. The highest BCUT2D eigenvalue weighted by molar-refractivity contribution is 6.01. The number of nitrogens with zero attached hydrogens (tertiary/aromatic N) is 3. The number of benzene rings is 1. The number of carboxylic acid groups (broad SMARTS) is 1. The number of imidazole rings is 1. The van der Waals surface area contributed by atoms with Crippen LogP contribution in [0.4, 0.5) is 0 Å². The first-order chi connectivity index (χ1) is 9.82. The molecule has 0 amide bonds. The highest BCUT2D eigenvalue weighted by atomic mass is 16.4. The van der Waals surface area contributed by atoms with Gasteiger partial charge in [0, 0.05) is 6.54 Å². The summed E-state index contributed by atoms with van der Waals surface area (Å²) in [6.07, 6.45) is 0. The van der Waals surface area contributed by atoms with Crippen LogP contribution >= 0.6 is 0 Å². The summed E-state index contributed by atoms with van der Waals surface area (Å²) in [5.41, 5.74) is 1.79. The molecule has 1 N–H and O–H groups in total. The zero-order valence-electron chi connectivity index (χ0n) is 13.3. The van der Waals surface area contributed by atoms with Gasteiger partial charge >= 0.3 is 5.97 Å². The molecule has 0 radical (unpaired) electrons. The van der Waals surface area contributed by atoms with Gasteiger partial charge in [-0.1, -0.05) is 19.9 Å². The van der Waals surface area contributed by atoms with Crippen molar-refractivity contribution in [1.29, 1.82) is 0 Å². The van der Waals surface area contributed by atoms with E-state index in [-0.39, 0.29) is 6.04 Å². The van der Waals surface area contributed by atoms with Gasteiger partial charge in [-0.05, 0) is 39.1 Å². The van der Waals surface area contributed by atoms with Crippen LogP contribution in [0.5, 0.6) is 0 Å². The molecule has 1 heterocycles. The molecule has 1 atom stereocenters. The standard InChI is InChI=1S/C16H23N3O2/c1-10(2)14(9-18(4)5)19-11(3)17-13-8-6-7-12(15(13)19)16(20)21/h6-8,10,14H,9H2,1-5H3,(H,20,21). The van der Waals surface area contributed by atoms with Gasteiger partial charge in [-0.3, -0.25) is 0 Å². The minimum absolute atomic E-state index is 0.186. The average Bonchev–Trinajstić information content (AvgIpc) is 2.70. The summed E-state index contributed by atoms with van der Waals surface area (Å²) in [5.74, 6) is 0.332. The Morgan fingerprint density at radius 1 is 1.38 bits per heavy atom. The van der Waals surface area contributed by atoms with Gasteiger partial charge in [0.15, 0.2) is 0 Å². The molecule has 5 nitrogen and oxygen atoms in total. The van der Waals surface area contributed by atoms with Gasteiger partial charge in [0.2, 0.25) is 0 Å². The van der Waals surface area contributed by atoms with Gasteiger partial charge in [-0.2, -0.15) is 0 Å². The van der Waals surface area contributed by atoms with E-state index in [0.717, 1.165) is 23.4 Å². The van der Waals surface area contributed by atoms with Crippen LogP contribution in [0.25, 0.3) is 11.0 Å². The van der Waals surface area contributed by atoms with E-state index in [9.17, 15) is 9.90 Å². The number of hydrogen-bond acceptors (Lipinski definition) is 3. The Balaban J connectivity index is 2.71. The predicted molar refractivity (Wildman–Crippen MR) is 83.9 cm³/mol. The Hall–Kier alpha value is -1.88. The summed E-state index contributed by atoms with van der Waals surface area (Å²) in [7, 11) is 4.06. The number of hydrogen-bond donors (Lipinski definition) is 1. The van der Waals surface area contributed by atoms with Crippen molar-refractivity contribution in [2.75, 3.05) is 20.6 Å². The highest BCUT2D eigenvalue weighted by Crippen LogP contribution is 2.28. The summed E-state index contributed by atoms with van der Waals surface area (Å²) >= 11 is 0. The number of carbonyl (C=O) groups is 1. The maximum absolute atomic E-state index is 11.5. The van der Waals surface area contributed by atoms with Gasteiger partial charge in [0.1, 0.15) is 5.82 Å². The Labute approximate surface area is 125 Å². The molecule has 0 spiro atoms. The quantitative estimate of drug-likeness (QED) is 0.919. The molecule has 114 valence electrons. The number of aryl methyl sites for hydroxylation is 1. The highest BCUT2D eigenvalue weighted by Gasteiger charge is 2.24. The molecule has 1 unspecified atom stereocenters. The molecule has 0 aliphatic heterocycles. The van der Waals surface area contributed by atoms with Crippen molar-refractivity contribution in [3.8, 4) is 0 Å². The lowest BCUT2D eigenvalue weighted by atomic mass is 10.0. The van der Waals surface area contributed by atoms with Crippen LogP contribution in [0.1, 0.15) is 36.1 Å². The molecule has 0 saturated carbocycles. The van der Waals surface area contributed by atoms with E-state index >= 15 is 0 Å². The van der Waals surface area contributed by atoms with E-state index < -0.39 is 5.97 Å². The second kappa shape index (κ2) is 5.85. The van der Waals surface area contributed by atoms with Crippen molar-refractivity contribution < 1.29 is 9.90 Å². The smallest absolute Gasteiger partial charge is 0.337 e. The van der Waals surface area contributed by atoms with Crippen molar-refractivity contribution >= 4 is 17.0 Å². The summed E-state index contributed by atoms with van der Waals surface area (Å²) in [5, 5.41) is 9.47. The molecule has 1 aromatic carbocycles. The first-order valence-electron chi connectivity index (χ1n) is 7.18. The van der Waals surface area contributed by atoms with Crippen molar-refractivity contribution in [2.24, 2.45) is 5.92 Å². The first-order valence-corrected chi connectivity index (χ1v) is 7.18. The van der Waals surface area contributed by atoms with Gasteiger partial charge in [-0.25, -0.2) is 9.78 Å². The summed E-state index contributed by atoms with van der Waals surface area (Å²) in [6.45, 7) is 7.10. The average molecular weight is 289 g/mol. The van der Waals surface area contributed by atoms with E-state index in [0.29, 0.717) is 11.5 Å². The van der Waals surface area contributed by atoms with Gasteiger partial charge < -0.3 is 14.6 Å². The molecule has 0 fully saturated rings. The van der Waals surface area contributed by atoms with Crippen LogP contribution in [0.2, 0.25) is 0 Å². The number of carboxylic acids is 1. The van der Waals surface area contributed by atoms with E-state index in [4.69, 9.17) is 0 Å². The number of para-hydroxylation sites is 1. The predicted octanol–water partition coefficient (Wildman–Crippen LogP) is 2.80. The van der Waals surface area contributed by atoms with Crippen molar-refractivity contribution in [2.45, 2.75) is 26.8 Å². The molecule has 1 aromatic heterocycles. The monoisotopic (exact) mass is 289 g/mol. The number of rotatable bonds is 5. The fraction of sp³-hybridized carbons (Fsp3) is 0.500. The second-order valence-corrected chi connectivity index (χ2v) is 6.08. The second-order valence-electron chi connectivity index (χ2n) is 6.08. The molecule has 2 rings (SSSR count). The Bertz CT molecular complexity index is 659. The minimum atomic E-state index is -0.908. The minimum Gasteiger partial charge on any atom is -0.478 e. The molecule has 0 aliphatic rings. The molecule has 21 heavy (non-hydrogen) atoms. The molecule has 0 aliphatic carbocycles. The van der Waals surface area contributed by atoms with Crippen LogP contribution in [-0.2, 0) is 0 Å². The molecular weight excluding hydrogens is 266 g/mol. The van der Waals surface area contributed by atoms with Crippen LogP contribution in [0.3, 0.4) is 0 Å².